The predicted molar refractivity (Wildman–Crippen MR) is 42.7 cm³/mol. The minimum absolute atomic E-state index is 0.595. The zero-order chi connectivity index (χ0) is 6.97. The first-order valence-electron chi connectivity index (χ1n) is 4.65. The highest BCUT2D eigenvalue weighted by Gasteiger charge is 2.45. The Balaban J connectivity index is 1.86. The van der Waals surface area contributed by atoms with Gasteiger partial charge in [0.25, 0.3) is 0 Å². The molecule has 2 atom stereocenters. The lowest BCUT2D eigenvalue weighted by Crippen LogP contribution is -2.03. The van der Waals surface area contributed by atoms with E-state index >= 15 is 0 Å². The van der Waals surface area contributed by atoms with Crippen molar-refractivity contribution in [3.8, 4) is 0 Å². The van der Waals surface area contributed by atoms with Crippen molar-refractivity contribution < 1.29 is 0 Å². The summed E-state index contributed by atoms with van der Waals surface area (Å²) in [5, 5.41) is 0. The second-order valence-corrected chi connectivity index (χ2v) is 3.90. The molecule has 0 radical (unpaired) electrons. The lowest BCUT2D eigenvalue weighted by molar-refractivity contribution is 0.485. The molecule has 1 nitrogen and oxygen atoms in total. The maximum atomic E-state index is 5.91. The van der Waals surface area contributed by atoms with Crippen molar-refractivity contribution in [3.63, 3.8) is 0 Å². The summed E-state index contributed by atoms with van der Waals surface area (Å²) in [7, 11) is 0. The third kappa shape index (κ3) is 1.07. The van der Waals surface area contributed by atoms with E-state index < -0.39 is 0 Å². The summed E-state index contributed by atoms with van der Waals surface area (Å²) in [6.07, 6.45) is 8.63. The Morgan fingerprint density at radius 1 is 0.800 bits per heavy atom. The second kappa shape index (κ2) is 2.54. The average molecular weight is 139 g/mol. The molecule has 0 aliphatic heterocycles. The monoisotopic (exact) mass is 139 g/mol. The number of fused-ring (bicyclic) bond motifs is 1. The summed E-state index contributed by atoms with van der Waals surface area (Å²) in [4.78, 5) is 0. The van der Waals surface area contributed by atoms with Crippen LogP contribution in [0.3, 0.4) is 0 Å². The first kappa shape index (κ1) is 6.66. The van der Waals surface area contributed by atoms with Gasteiger partial charge in [0, 0.05) is 6.04 Å². The fourth-order valence-electron chi connectivity index (χ4n) is 2.40. The molecule has 0 spiro atoms. The van der Waals surface area contributed by atoms with Gasteiger partial charge < -0.3 is 5.73 Å². The molecule has 2 aliphatic rings. The van der Waals surface area contributed by atoms with E-state index in [0.29, 0.717) is 6.04 Å². The molecular weight excluding hydrogens is 122 g/mol. The fourth-order valence-corrected chi connectivity index (χ4v) is 2.40. The average Bonchev–Trinajstić information content (AvgIpc) is 2.39. The molecule has 0 saturated heterocycles. The third-order valence-corrected chi connectivity index (χ3v) is 3.22. The van der Waals surface area contributed by atoms with E-state index in [0.717, 1.165) is 11.8 Å². The van der Waals surface area contributed by atoms with Crippen LogP contribution in [0.1, 0.15) is 38.5 Å². The van der Waals surface area contributed by atoms with Crippen LogP contribution in [0.2, 0.25) is 0 Å². The Morgan fingerprint density at radius 3 is 1.80 bits per heavy atom. The van der Waals surface area contributed by atoms with Crippen LogP contribution in [0.15, 0.2) is 0 Å². The van der Waals surface area contributed by atoms with Crippen LogP contribution >= 0.6 is 0 Å². The maximum Gasteiger partial charge on any atom is 0.0102 e. The van der Waals surface area contributed by atoms with Gasteiger partial charge in [-0.05, 0) is 24.7 Å². The molecule has 2 aliphatic carbocycles. The maximum absolute atomic E-state index is 5.91. The van der Waals surface area contributed by atoms with Crippen LogP contribution in [0.25, 0.3) is 0 Å². The SMILES string of the molecule is NC1C2CCCCCCC12. The summed E-state index contributed by atoms with van der Waals surface area (Å²) in [5.74, 6) is 1.86. The number of hydrogen-bond acceptors (Lipinski definition) is 1. The Kier molecular flexibility index (Phi) is 1.69. The molecule has 10 heavy (non-hydrogen) atoms. The van der Waals surface area contributed by atoms with Crippen molar-refractivity contribution in [3.05, 3.63) is 0 Å². The molecule has 58 valence electrons. The molecule has 0 aromatic carbocycles. The molecular formula is C9H17N. The first-order chi connectivity index (χ1) is 4.89. The molecule has 2 saturated carbocycles. The predicted octanol–water partition coefficient (Wildman–Crippen LogP) is 1.91. The minimum atomic E-state index is 0.595. The fraction of sp³-hybridized carbons (Fsp3) is 1.00. The molecule has 2 rings (SSSR count). The molecule has 0 amide bonds. The topological polar surface area (TPSA) is 26.0 Å². The van der Waals surface area contributed by atoms with Crippen molar-refractivity contribution in [2.24, 2.45) is 17.6 Å². The Bertz CT molecular complexity index is 108. The molecule has 2 fully saturated rings. The van der Waals surface area contributed by atoms with Crippen molar-refractivity contribution in [1.82, 2.24) is 0 Å². The van der Waals surface area contributed by atoms with Crippen molar-refractivity contribution in [1.29, 1.82) is 0 Å². The van der Waals surface area contributed by atoms with E-state index in [1.54, 1.807) is 0 Å². The molecule has 0 bridgehead atoms. The molecule has 0 aromatic heterocycles. The van der Waals surface area contributed by atoms with Crippen LogP contribution in [0, 0.1) is 11.8 Å². The summed E-state index contributed by atoms with van der Waals surface area (Å²) < 4.78 is 0. The molecule has 2 N–H and O–H groups in total. The zero-order valence-electron chi connectivity index (χ0n) is 6.55. The van der Waals surface area contributed by atoms with Crippen LogP contribution in [0.4, 0.5) is 0 Å². The van der Waals surface area contributed by atoms with E-state index in [2.05, 4.69) is 0 Å². The van der Waals surface area contributed by atoms with Gasteiger partial charge >= 0.3 is 0 Å². The van der Waals surface area contributed by atoms with E-state index in [4.69, 9.17) is 5.73 Å². The van der Waals surface area contributed by atoms with Gasteiger partial charge in [-0.25, -0.2) is 0 Å². The Morgan fingerprint density at radius 2 is 1.30 bits per heavy atom. The van der Waals surface area contributed by atoms with E-state index in [-0.39, 0.29) is 0 Å². The smallest absolute Gasteiger partial charge is 0.0102 e. The standard InChI is InChI=1S/C9H17N/c10-9-7-5-3-1-2-4-6-8(7)9/h7-9H,1-6,10H2. The van der Waals surface area contributed by atoms with Gasteiger partial charge in [-0.15, -0.1) is 0 Å². The largest absolute Gasteiger partial charge is 0.327 e. The van der Waals surface area contributed by atoms with Gasteiger partial charge in [0.1, 0.15) is 0 Å². The third-order valence-electron chi connectivity index (χ3n) is 3.22. The van der Waals surface area contributed by atoms with E-state index in [1.807, 2.05) is 0 Å². The van der Waals surface area contributed by atoms with Gasteiger partial charge in [-0.2, -0.15) is 0 Å². The zero-order valence-corrected chi connectivity index (χ0v) is 6.55. The van der Waals surface area contributed by atoms with Crippen molar-refractivity contribution in [2.45, 2.75) is 44.6 Å². The van der Waals surface area contributed by atoms with Gasteiger partial charge in [0.2, 0.25) is 0 Å². The molecule has 1 heteroatoms. The molecule has 2 unspecified atom stereocenters. The van der Waals surface area contributed by atoms with Gasteiger partial charge in [-0.1, -0.05) is 25.7 Å². The highest BCUT2D eigenvalue weighted by molar-refractivity contribution is 5.00. The molecule has 0 heterocycles. The Hall–Kier alpha value is -0.0400. The van der Waals surface area contributed by atoms with Crippen molar-refractivity contribution in [2.75, 3.05) is 0 Å². The summed E-state index contributed by atoms with van der Waals surface area (Å²) in [5.41, 5.74) is 5.91. The van der Waals surface area contributed by atoms with Crippen LogP contribution in [-0.2, 0) is 0 Å². The highest BCUT2D eigenvalue weighted by atomic mass is 14.8. The quantitative estimate of drug-likeness (QED) is 0.545. The minimum Gasteiger partial charge on any atom is -0.327 e. The van der Waals surface area contributed by atoms with E-state index in [9.17, 15) is 0 Å². The van der Waals surface area contributed by atoms with Crippen molar-refractivity contribution >= 4 is 0 Å². The number of hydrogen-bond donors (Lipinski definition) is 1. The first-order valence-corrected chi connectivity index (χ1v) is 4.65. The Labute approximate surface area is 63.0 Å². The summed E-state index contributed by atoms with van der Waals surface area (Å²) in [6.45, 7) is 0. The molecule has 0 aromatic rings. The van der Waals surface area contributed by atoms with E-state index in [1.165, 1.54) is 38.5 Å². The van der Waals surface area contributed by atoms with Crippen LogP contribution in [0.5, 0.6) is 0 Å². The number of rotatable bonds is 0. The normalized spacial score (nSPS) is 47.1. The van der Waals surface area contributed by atoms with Gasteiger partial charge in [0.05, 0.1) is 0 Å². The van der Waals surface area contributed by atoms with Gasteiger partial charge in [0.15, 0.2) is 0 Å². The summed E-state index contributed by atoms with van der Waals surface area (Å²) in [6, 6.07) is 0.595. The number of nitrogens with two attached hydrogens (primary N) is 1. The van der Waals surface area contributed by atoms with Crippen LogP contribution in [-0.4, -0.2) is 6.04 Å². The summed E-state index contributed by atoms with van der Waals surface area (Å²) >= 11 is 0. The lowest BCUT2D eigenvalue weighted by Gasteiger charge is -2.04. The second-order valence-electron chi connectivity index (χ2n) is 3.90. The van der Waals surface area contributed by atoms with Gasteiger partial charge in [-0.3, -0.25) is 0 Å². The lowest BCUT2D eigenvalue weighted by atomic mass is 10.0. The van der Waals surface area contributed by atoms with Crippen LogP contribution < -0.4 is 5.73 Å². The highest BCUT2D eigenvalue weighted by Crippen LogP contribution is 2.45.